The molecular formula is C17H18N6O2S. The van der Waals surface area contributed by atoms with Gasteiger partial charge in [0.1, 0.15) is 17.2 Å². The number of aryl methyl sites for hydroxylation is 1. The van der Waals surface area contributed by atoms with Crippen molar-refractivity contribution >= 4 is 18.4 Å². The Morgan fingerprint density at radius 1 is 1.19 bits per heavy atom. The van der Waals surface area contributed by atoms with Crippen molar-refractivity contribution in [2.75, 3.05) is 14.2 Å². The van der Waals surface area contributed by atoms with Gasteiger partial charge in [-0.3, -0.25) is 5.10 Å². The van der Waals surface area contributed by atoms with E-state index in [-0.39, 0.29) is 0 Å². The largest absolute Gasteiger partial charge is 0.497 e. The predicted molar refractivity (Wildman–Crippen MR) is 99.6 cm³/mol. The second-order valence-corrected chi connectivity index (χ2v) is 6.29. The number of nitrogens with one attached hydrogen (secondary N) is 2. The van der Waals surface area contributed by atoms with Gasteiger partial charge in [0.2, 0.25) is 10.6 Å². The molecule has 0 radical (unpaired) electrons. The van der Waals surface area contributed by atoms with Crippen molar-refractivity contribution in [2.24, 2.45) is 5.10 Å². The molecule has 0 spiro atoms. The molecule has 9 heteroatoms. The van der Waals surface area contributed by atoms with Gasteiger partial charge < -0.3 is 9.47 Å². The zero-order valence-electron chi connectivity index (χ0n) is 14.4. The summed E-state index contributed by atoms with van der Waals surface area (Å²) >= 11 is 5.33. The Kier molecular flexibility index (Phi) is 4.29. The van der Waals surface area contributed by atoms with Crippen LogP contribution in [0.15, 0.2) is 23.3 Å². The lowest BCUT2D eigenvalue weighted by Gasteiger charge is -2.07. The molecule has 0 saturated heterocycles. The van der Waals surface area contributed by atoms with Crippen LogP contribution in [0.25, 0.3) is 11.5 Å². The third-order valence-corrected chi connectivity index (χ3v) is 4.69. The predicted octanol–water partition coefficient (Wildman–Crippen LogP) is 2.72. The van der Waals surface area contributed by atoms with Gasteiger partial charge in [-0.15, -0.1) is 0 Å². The normalized spacial score (nSPS) is 13.3. The third-order valence-electron chi connectivity index (χ3n) is 4.42. The van der Waals surface area contributed by atoms with E-state index in [1.54, 1.807) is 31.2 Å². The number of methoxy groups -OCH3 is 2. The summed E-state index contributed by atoms with van der Waals surface area (Å²) in [6, 6.07) is 5.52. The standard InChI is InChI=1S/C17H18N6O2S/c1-24-11-7-6-10(14(8-11)25-2)9-18-23-16(21-22-17(23)26)15-12-4-3-5-13(12)19-20-15/h6-9H,3-5H2,1-2H3,(H,19,20)(H,22,26)/b18-9+. The van der Waals surface area contributed by atoms with Crippen LogP contribution in [0, 0.1) is 4.77 Å². The molecule has 8 nitrogen and oxygen atoms in total. The van der Waals surface area contributed by atoms with Crippen molar-refractivity contribution in [3.63, 3.8) is 0 Å². The molecule has 1 aromatic carbocycles. The molecule has 0 bridgehead atoms. The first kappa shape index (κ1) is 16.5. The van der Waals surface area contributed by atoms with Crippen molar-refractivity contribution in [1.29, 1.82) is 0 Å². The Bertz CT molecular complexity index is 1030. The summed E-state index contributed by atoms with van der Waals surface area (Å²) in [7, 11) is 3.22. The highest BCUT2D eigenvalue weighted by molar-refractivity contribution is 7.71. The van der Waals surface area contributed by atoms with E-state index >= 15 is 0 Å². The van der Waals surface area contributed by atoms with E-state index in [2.05, 4.69) is 25.5 Å². The van der Waals surface area contributed by atoms with Gasteiger partial charge in [0.25, 0.3) is 0 Å². The van der Waals surface area contributed by atoms with Crippen LogP contribution in [-0.4, -0.2) is 45.5 Å². The highest BCUT2D eigenvalue weighted by atomic mass is 32.1. The number of fused-ring (bicyclic) bond motifs is 1. The molecule has 2 N–H and O–H groups in total. The van der Waals surface area contributed by atoms with Crippen molar-refractivity contribution in [1.82, 2.24) is 25.1 Å². The lowest BCUT2D eigenvalue weighted by atomic mass is 10.2. The molecule has 134 valence electrons. The Hall–Kier alpha value is -2.94. The van der Waals surface area contributed by atoms with Crippen LogP contribution in [0.2, 0.25) is 0 Å². The highest BCUT2D eigenvalue weighted by Gasteiger charge is 2.23. The maximum absolute atomic E-state index is 5.40. The molecule has 2 aromatic heterocycles. The van der Waals surface area contributed by atoms with Gasteiger partial charge in [-0.25, -0.2) is 5.10 Å². The van der Waals surface area contributed by atoms with E-state index < -0.39 is 0 Å². The van der Waals surface area contributed by atoms with E-state index in [9.17, 15) is 0 Å². The third kappa shape index (κ3) is 2.80. The number of rotatable bonds is 5. The monoisotopic (exact) mass is 370 g/mol. The van der Waals surface area contributed by atoms with E-state index in [1.807, 2.05) is 12.1 Å². The zero-order chi connectivity index (χ0) is 18.1. The van der Waals surface area contributed by atoms with Crippen molar-refractivity contribution in [3.8, 4) is 23.0 Å². The van der Waals surface area contributed by atoms with Crippen LogP contribution in [0.1, 0.15) is 23.2 Å². The Morgan fingerprint density at radius 3 is 2.88 bits per heavy atom. The smallest absolute Gasteiger partial charge is 0.216 e. The lowest BCUT2D eigenvalue weighted by molar-refractivity contribution is 0.394. The summed E-state index contributed by atoms with van der Waals surface area (Å²) < 4.78 is 12.6. The van der Waals surface area contributed by atoms with Gasteiger partial charge in [-0.2, -0.15) is 20.0 Å². The number of aromatic nitrogens is 5. The number of nitrogens with zero attached hydrogens (tertiary/aromatic N) is 4. The minimum atomic E-state index is 0.401. The van der Waals surface area contributed by atoms with E-state index in [0.29, 0.717) is 22.1 Å². The maximum atomic E-state index is 5.40. The molecule has 0 atom stereocenters. The molecule has 0 unspecified atom stereocenters. The first-order valence-corrected chi connectivity index (χ1v) is 8.62. The molecular weight excluding hydrogens is 352 g/mol. The Labute approximate surface area is 154 Å². The van der Waals surface area contributed by atoms with Gasteiger partial charge in [0, 0.05) is 22.9 Å². The first-order valence-electron chi connectivity index (χ1n) is 8.21. The number of benzene rings is 1. The summed E-state index contributed by atoms with van der Waals surface area (Å²) in [4.78, 5) is 0. The summed E-state index contributed by atoms with van der Waals surface area (Å²) in [5.74, 6) is 1.97. The summed E-state index contributed by atoms with van der Waals surface area (Å²) in [6.07, 6.45) is 4.80. The molecule has 0 amide bonds. The highest BCUT2D eigenvalue weighted by Crippen LogP contribution is 2.29. The fourth-order valence-electron chi connectivity index (χ4n) is 3.10. The van der Waals surface area contributed by atoms with Crippen LogP contribution in [0.5, 0.6) is 11.5 Å². The number of ether oxygens (including phenoxy) is 2. The summed E-state index contributed by atoms with van der Waals surface area (Å²) in [5, 5.41) is 19.1. The SMILES string of the molecule is COc1ccc(/C=N/n2c(-c3n[nH]c4c3CCC4)n[nH]c2=S)c(OC)c1. The number of hydrogen-bond donors (Lipinski definition) is 2. The number of hydrogen-bond acceptors (Lipinski definition) is 6. The number of H-pyrrole nitrogens is 2. The summed E-state index contributed by atoms with van der Waals surface area (Å²) in [5.41, 5.74) is 3.96. The molecule has 3 aromatic rings. The van der Waals surface area contributed by atoms with Gasteiger partial charge in [-0.05, 0) is 43.6 Å². The molecule has 0 fully saturated rings. The minimum Gasteiger partial charge on any atom is -0.497 e. The van der Waals surface area contributed by atoms with Crippen LogP contribution >= 0.6 is 12.2 Å². The minimum absolute atomic E-state index is 0.401. The van der Waals surface area contributed by atoms with Crippen LogP contribution in [0.3, 0.4) is 0 Å². The molecule has 1 aliphatic rings. The van der Waals surface area contributed by atoms with Gasteiger partial charge in [0.05, 0.1) is 20.4 Å². The van der Waals surface area contributed by atoms with E-state index in [0.717, 1.165) is 30.5 Å². The molecule has 2 heterocycles. The second kappa shape index (κ2) is 6.75. The van der Waals surface area contributed by atoms with Gasteiger partial charge in [0.15, 0.2) is 0 Å². The molecule has 26 heavy (non-hydrogen) atoms. The fraction of sp³-hybridized carbons (Fsp3) is 0.294. The molecule has 4 rings (SSSR count). The fourth-order valence-corrected chi connectivity index (χ4v) is 3.28. The Morgan fingerprint density at radius 2 is 2.08 bits per heavy atom. The van der Waals surface area contributed by atoms with E-state index in [4.69, 9.17) is 21.7 Å². The van der Waals surface area contributed by atoms with Crippen LogP contribution < -0.4 is 9.47 Å². The van der Waals surface area contributed by atoms with Crippen LogP contribution in [-0.2, 0) is 12.8 Å². The molecule has 1 aliphatic carbocycles. The molecule has 0 saturated carbocycles. The van der Waals surface area contributed by atoms with Gasteiger partial charge in [-0.1, -0.05) is 0 Å². The average Bonchev–Trinajstić information content (AvgIpc) is 3.36. The van der Waals surface area contributed by atoms with E-state index in [1.165, 1.54) is 11.3 Å². The first-order chi connectivity index (χ1) is 12.7. The molecule has 0 aliphatic heterocycles. The van der Waals surface area contributed by atoms with Crippen molar-refractivity contribution < 1.29 is 9.47 Å². The zero-order valence-corrected chi connectivity index (χ0v) is 15.3. The van der Waals surface area contributed by atoms with Crippen LogP contribution in [0.4, 0.5) is 0 Å². The topological polar surface area (TPSA) is 93.1 Å². The second-order valence-electron chi connectivity index (χ2n) is 5.90. The van der Waals surface area contributed by atoms with Crippen molar-refractivity contribution in [2.45, 2.75) is 19.3 Å². The maximum Gasteiger partial charge on any atom is 0.216 e. The average molecular weight is 370 g/mol. The summed E-state index contributed by atoms with van der Waals surface area (Å²) in [6.45, 7) is 0. The van der Waals surface area contributed by atoms with Gasteiger partial charge >= 0.3 is 0 Å². The quantitative estimate of drug-likeness (QED) is 0.532. The Balaban J connectivity index is 1.73. The lowest BCUT2D eigenvalue weighted by Crippen LogP contribution is -1.98. The number of aromatic amines is 2. The van der Waals surface area contributed by atoms with Crippen molar-refractivity contribution in [3.05, 3.63) is 39.8 Å².